The molecule has 3 nitrogen and oxygen atoms in total. The molecule has 3 heteroatoms. The van der Waals surface area contributed by atoms with Gasteiger partial charge in [-0.2, -0.15) is 4.89 Å². The van der Waals surface area contributed by atoms with Gasteiger partial charge in [0.2, 0.25) is 0 Å². The van der Waals surface area contributed by atoms with Crippen LogP contribution in [0, 0.1) is 0 Å². The van der Waals surface area contributed by atoms with Crippen molar-refractivity contribution in [2.75, 3.05) is 0 Å². The van der Waals surface area contributed by atoms with Crippen LogP contribution in [0.2, 0.25) is 0 Å². The van der Waals surface area contributed by atoms with Crippen LogP contribution in [0.4, 0.5) is 0 Å². The summed E-state index contributed by atoms with van der Waals surface area (Å²) in [5, 5.41) is 0. The van der Waals surface area contributed by atoms with Gasteiger partial charge < -0.3 is 4.89 Å². The molecule has 0 aliphatic rings. The lowest BCUT2D eigenvalue weighted by atomic mass is 10.0. The summed E-state index contributed by atoms with van der Waals surface area (Å²) in [7, 11) is 0. The highest BCUT2D eigenvalue weighted by Gasteiger charge is 2.23. The first-order valence-electron chi connectivity index (χ1n) is 7.04. The highest BCUT2D eigenvalue weighted by molar-refractivity contribution is 5.98. The molecule has 0 aliphatic carbocycles. The third-order valence-corrected chi connectivity index (χ3v) is 3.49. The summed E-state index contributed by atoms with van der Waals surface area (Å²) in [5.41, 5.74) is 0.278. The average Bonchev–Trinajstić information content (AvgIpc) is 2.45. The standard InChI is InChI=1S/C16H24O3/c1-5-10-14(17)13-11-8-9-12-15(13)18-19-16(4,6-2)7-3/h8-9,11-12H,5-7,10H2,1-4H3. The number of benzene rings is 1. The van der Waals surface area contributed by atoms with Gasteiger partial charge in [0.25, 0.3) is 0 Å². The van der Waals surface area contributed by atoms with Gasteiger partial charge in [0, 0.05) is 6.42 Å². The van der Waals surface area contributed by atoms with Crippen molar-refractivity contribution in [1.82, 2.24) is 0 Å². The van der Waals surface area contributed by atoms with E-state index in [1.165, 1.54) is 0 Å². The molecule has 0 aliphatic heterocycles. The zero-order valence-electron chi connectivity index (χ0n) is 12.4. The SMILES string of the molecule is CCCC(=O)c1ccccc1OOC(C)(CC)CC. The van der Waals surface area contributed by atoms with Gasteiger partial charge in [0.1, 0.15) is 5.60 Å². The Balaban J connectivity index is 2.81. The zero-order chi connectivity index (χ0) is 14.3. The molecule has 19 heavy (non-hydrogen) atoms. The second kappa shape index (κ2) is 7.29. The van der Waals surface area contributed by atoms with Crippen LogP contribution in [0.25, 0.3) is 0 Å². The molecular formula is C16H24O3. The Bertz CT molecular complexity index is 408. The number of Topliss-reactive ketones (excluding diaryl/α,β-unsaturated/α-hetero) is 1. The molecule has 0 spiro atoms. The van der Waals surface area contributed by atoms with Crippen molar-refractivity contribution in [1.29, 1.82) is 0 Å². The quantitative estimate of drug-likeness (QED) is 0.392. The minimum atomic E-state index is -0.319. The number of carbonyl (C=O) groups excluding carboxylic acids is 1. The fourth-order valence-corrected chi connectivity index (χ4v) is 1.64. The largest absolute Gasteiger partial charge is 0.336 e. The number of rotatable bonds is 8. The van der Waals surface area contributed by atoms with Gasteiger partial charge in [0.05, 0.1) is 5.56 Å². The maximum atomic E-state index is 12.0. The molecule has 106 valence electrons. The van der Waals surface area contributed by atoms with E-state index in [-0.39, 0.29) is 11.4 Å². The molecule has 1 rings (SSSR count). The van der Waals surface area contributed by atoms with Gasteiger partial charge in [-0.05, 0) is 38.3 Å². The molecule has 0 fully saturated rings. The topological polar surface area (TPSA) is 35.5 Å². The van der Waals surface area contributed by atoms with E-state index in [0.29, 0.717) is 17.7 Å². The molecule has 1 aromatic carbocycles. The first kappa shape index (κ1) is 15.7. The van der Waals surface area contributed by atoms with Crippen LogP contribution >= 0.6 is 0 Å². The summed E-state index contributed by atoms with van der Waals surface area (Å²) in [6.45, 7) is 8.11. The van der Waals surface area contributed by atoms with Gasteiger partial charge in [0.15, 0.2) is 11.5 Å². The highest BCUT2D eigenvalue weighted by atomic mass is 17.2. The molecule has 0 saturated carbocycles. The van der Waals surface area contributed by atoms with E-state index in [1.807, 2.05) is 26.0 Å². The van der Waals surface area contributed by atoms with Crippen LogP contribution in [0.1, 0.15) is 63.7 Å². The Morgan fingerprint density at radius 1 is 1.16 bits per heavy atom. The number of para-hydroxylation sites is 1. The van der Waals surface area contributed by atoms with Crippen molar-refractivity contribution in [3.8, 4) is 5.75 Å². The monoisotopic (exact) mass is 264 g/mol. The highest BCUT2D eigenvalue weighted by Crippen LogP contribution is 2.25. The van der Waals surface area contributed by atoms with Crippen molar-refractivity contribution in [3.63, 3.8) is 0 Å². The van der Waals surface area contributed by atoms with Crippen molar-refractivity contribution < 1.29 is 14.6 Å². The lowest BCUT2D eigenvalue weighted by Gasteiger charge is -2.25. The smallest absolute Gasteiger partial charge is 0.176 e. The molecular weight excluding hydrogens is 240 g/mol. The summed E-state index contributed by atoms with van der Waals surface area (Å²) < 4.78 is 0. The van der Waals surface area contributed by atoms with Gasteiger partial charge >= 0.3 is 0 Å². The lowest BCUT2D eigenvalue weighted by Crippen LogP contribution is -2.28. The molecule has 0 radical (unpaired) electrons. The molecule has 0 amide bonds. The van der Waals surface area contributed by atoms with Crippen molar-refractivity contribution in [3.05, 3.63) is 29.8 Å². The maximum absolute atomic E-state index is 12.0. The summed E-state index contributed by atoms with van der Waals surface area (Å²) in [4.78, 5) is 23.0. The Labute approximate surface area is 115 Å². The Morgan fingerprint density at radius 3 is 2.37 bits per heavy atom. The van der Waals surface area contributed by atoms with E-state index < -0.39 is 0 Å². The molecule has 0 bridgehead atoms. The van der Waals surface area contributed by atoms with E-state index in [4.69, 9.17) is 9.78 Å². The summed E-state index contributed by atoms with van der Waals surface area (Å²) in [6.07, 6.45) is 3.07. The Hall–Kier alpha value is -1.35. The summed E-state index contributed by atoms with van der Waals surface area (Å²) >= 11 is 0. The van der Waals surface area contributed by atoms with Crippen LogP contribution in [-0.4, -0.2) is 11.4 Å². The molecule has 0 saturated heterocycles. The van der Waals surface area contributed by atoms with Crippen molar-refractivity contribution in [2.45, 2.75) is 59.0 Å². The third kappa shape index (κ3) is 4.35. The number of ketones is 1. The molecule has 0 heterocycles. The zero-order valence-corrected chi connectivity index (χ0v) is 12.4. The Morgan fingerprint density at radius 2 is 1.79 bits per heavy atom. The third-order valence-electron chi connectivity index (χ3n) is 3.49. The van der Waals surface area contributed by atoms with Crippen LogP contribution in [0.3, 0.4) is 0 Å². The van der Waals surface area contributed by atoms with Crippen LogP contribution in [0.15, 0.2) is 24.3 Å². The predicted octanol–water partition coefficient (Wildman–Crippen LogP) is 4.56. The van der Waals surface area contributed by atoms with Crippen molar-refractivity contribution >= 4 is 5.78 Å². The fraction of sp³-hybridized carbons (Fsp3) is 0.562. The minimum Gasteiger partial charge on any atom is -0.336 e. The van der Waals surface area contributed by atoms with Crippen LogP contribution < -0.4 is 4.89 Å². The normalized spacial score (nSPS) is 11.4. The number of hydrogen-bond donors (Lipinski definition) is 0. The second-order valence-corrected chi connectivity index (χ2v) is 4.99. The first-order chi connectivity index (χ1) is 9.06. The molecule has 0 aromatic heterocycles. The van der Waals surface area contributed by atoms with Gasteiger partial charge in [-0.25, -0.2) is 0 Å². The molecule has 1 aromatic rings. The molecule has 0 unspecified atom stereocenters. The fourth-order valence-electron chi connectivity index (χ4n) is 1.64. The van der Waals surface area contributed by atoms with E-state index in [1.54, 1.807) is 12.1 Å². The van der Waals surface area contributed by atoms with E-state index in [0.717, 1.165) is 19.3 Å². The van der Waals surface area contributed by atoms with Crippen LogP contribution in [-0.2, 0) is 4.89 Å². The summed E-state index contributed by atoms with van der Waals surface area (Å²) in [6, 6.07) is 7.24. The second-order valence-electron chi connectivity index (χ2n) is 4.99. The first-order valence-corrected chi connectivity index (χ1v) is 7.04. The predicted molar refractivity (Wildman–Crippen MR) is 76.4 cm³/mol. The maximum Gasteiger partial charge on any atom is 0.176 e. The molecule has 0 atom stereocenters. The lowest BCUT2D eigenvalue weighted by molar-refractivity contribution is -0.288. The molecule has 0 N–H and O–H groups in total. The van der Waals surface area contributed by atoms with Gasteiger partial charge in [-0.3, -0.25) is 4.79 Å². The summed E-state index contributed by atoms with van der Waals surface area (Å²) in [5.74, 6) is 0.602. The van der Waals surface area contributed by atoms with E-state index >= 15 is 0 Å². The number of carbonyl (C=O) groups is 1. The van der Waals surface area contributed by atoms with Gasteiger partial charge in [-0.15, -0.1) is 0 Å². The number of hydrogen-bond acceptors (Lipinski definition) is 3. The minimum absolute atomic E-state index is 0.0939. The van der Waals surface area contributed by atoms with Crippen molar-refractivity contribution in [2.24, 2.45) is 0 Å². The van der Waals surface area contributed by atoms with Gasteiger partial charge in [-0.1, -0.05) is 32.9 Å². The van der Waals surface area contributed by atoms with Crippen LogP contribution in [0.5, 0.6) is 5.75 Å². The Kier molecular flexibility index (Phi) is 6.03. The van der Waals surface area contributed by atoms with E-state index in [2.05, 4.69) is 13.8 Å². The average molecular weight is 264 g/mol. The van der Waals surface area contributed by atoms with E-state index in [9.17, 15) is 4.79 Å².